The Morgan fingerprint density at radius 1 is 1.53 bits per heavy atom. The number of thiophene rings is 1. The van der Waals surface area contributed by atoms with Gasteiger partial charge in [-0.1, -0.05) is 13.0 Å². The summed E-state index contributed by atoms with van der Waals surface area (Å²) < 4.78 is 0. The molecule has 0 radical (unpaired) electrons. The molecule has 1 atom stereocenters. The summed E-state index contributed by atoms with van der Waals surface area (Å²) in [6.07, 6.45) is 2.50. The lowest BCUT2D eigenvalue weighted by Gasteiger charge is -2.18. The maximum absolute atomic E-state index is 11.3. The smallest absolute Gasteiger partial charge is 0.339 e. The van der Waals surface area contributed by atoms with Crippen LogP contribution in [0.2, 0.25) is 0 Å². The molecule has 0 aromatic carbocycles. The zero-order chi connectivity index (χ0) is 13.8. The van der Waals surface area contributed by atoms with Crippen LogP contribution < -0.4 is 5.32 Å². The molecule has 5 heteroatoms. The van der Waals surface area contributed by atoms with E-state index in [2.05, 4.69) is 17.2 Å². The molecule has 2 N–H and O–H groups in total. The van der Waals surface area contributed by atoms with Crippen LogP contribution >= 0.6 is 11.3 Å². The molecule has 0 aliphatic carbocycles. The van der Waals surface area contributed by atoms with Crippen molar-refractivity contribution in [2.45, 2.75) is 26.3 Å². The fourth-order valence-electron chi connectivity index (χ4n) is 1.97. The van der Waals surface area contributed by atoms with E-state index in [1.54, 1.807) is 30.5 Å². The number of pyridine rings is 1. The van der Waals surface area contributed by atoms with Crippen molar-refractivity contribution in [2.75, 3.05) is 5.32 Å². The second kappa shape index (κ2) is 5.84. The number of nitrogens with zero attached hydrogens (tertiary/aromatic N) is 1. The number of anilines is 1. The van der Waals surface area contributed by atoms with E-state index in [-0.39, 0.29) is 11.6 Å². The van der Waals surface area contributed by atoms with Crippen LogP contribution in [0.4, 0.5) is 5.82 Å². The topological polar surface area (TPSA) is 62.2 Å². The molecule has 4 nitrogen and oxygen atoms in total. The third-order valence-electron chi connectivity index (χ3n) is 2.98. The number of carboxylic acid groups (broad SMARTS) is 1. The summed E-state index contributed by atoms with van der Waals surface area (Å²) in [5.41, 5.74) is 0.962. The number of hydrogen-bond donors (Lipinski definition) is 2. The molecule has 0 amide bonds. The molecule has 0 saturated heterocycles. The predicted molar refractivity (Wildman–Crippen MR) is 76.9 cm³/mol. The largest absolute Gasteiger partial charge is 0.478 e. The lowest BCUT2D eigenvalue weighted by Crippen LogP contribution is -2.14. The molecular weight excluding hydrogens is 260 g/mol. The van der Waals surface area contributed by atoms with Crippen LogP contribution in [-0.2, 0) is 0 Å². The van der Waals surface area contributed by atoms with E-state index in [1.165, 1.54) is 4.88 Å². The molecule has 2 heterocycles. The molecule has 0 aliphatic heterocycles. The maximum atomic E-state index is 11.3. The fourth-order valence-corrected chi connectivity index (χ4v) is 2.83. The Labute approximate surface area is 116 Å². The first kappa shape index (κ1) is 13.5. The van der Waals surface area contributed by atoms with Gasteiger partial charge >= 0.3 is 5.97 Å². The Balaban J connectivity index is 2.32. The van der Waals surface area contributed by atoms with E-state index in [1.807, 2.05) is 17.5 Å². The Hall–Kier alpha value is -1.88. The molecule has 100 valence electrons. The molecule has 0 saturated carbocycles. The Morgan fingerprint density at radius 3 is 2.89 bits per heavy atom. The minimum absolute atomic E-state index is 0.0902. The molecule has 0 bridgehead atoms. The Bertz CT molecular complexity index is 567. The number of aromatic nitrogens is 1. The molecular formula is C14H16N2O2S. The SMILES string of the molecule is CCC(Nc1nccc(C)c1C(=O)O)c1cccs1. The summed E-state index contributed by atoms with van der Waals surface area (Å²) in [6, 6.07) is 5.84. The van der Waals surface area contributed by atoms with Gasteiger partial charge in [-0.3, -0.25) is 0 Å². The number of aromatic carboxylic acids is 1. The number of aryl methyl sites for hydroxylation is 1. The first-order valence-electron chi connectivity index (χ1n) is 6.12. The van der Waals surface area contributed by atoms with Gasteiger partial charge in [-0.05, 0) is 36.4 Å². The van der Waals surface area contributed by atoms with Gasteiger partial charge in [-0.25, -0.2) is 9.78 Å². The number of hydrogen-bond acceptors (Lipinski definition) is 4. The number of carbonyl (C=O) groups is 1. The van der Waals surface area contributed by atoms with Gasteiger partial charge in [0.05, 0.1) is 6.04 Å². The van der Waals surface area contributed by atoms with E-state index in [4.69, 9.17) is 0 Å². The molecule has 0 fully saturated rings. The summed E-state index contributed by atoms with van der Waals surface area (Å²) in [5.74, 6) is -0.512. The number of carboxylic acids is 1. The Kier molecular flexibility index (Phi) is 4.16. The maximum Gasteiger partial charge on any atom is 0.339 e. The molecule has 2 rings (SSSR count). The van der Waals surface area contributed by atoms with Gasteiger partial charge < -0.3 is 10.4 Å². The molecule has 2 aromatic rings. The second-order valence-electron chi connectivity index (χ2n) is 4.28. The van der Waals surface area contributed by atoms with Gasteiger partial charge in [0.25, 0.3) is 0 Å². The minimum Gasteiger partial charge on any atom is -0.478 e. The van der Waals surface area contributed by atoms with Crippen LogP contribution in [0.25, 0.3) is 0 Å². The predicted octanol–water partition coefficient (Wildman–Crippen LogP) is 3.71. The monoisotopic (exact) mass is 276 g/mol. The highest BCUT2D eigenvalue weighted by molar-refractivity contribution is 7.10. The summed E-state index contributed by atoms with van der Waals surface area (Å²) in [4.78, 5) is 16.7. The van der Waals surface area contributed by atoms with Crippen molar-refractivity contribution in [1.82, 2.24) is 4.98 Å². The van der Waals surface area contributed by atoms with Gasteiger partial charge in [0.1, 0.15) is 11.4 Å². The normalized spacial score (nSPS) is 12.1. The van der Waals surface area contributed by atoms with Crippen molar-refractivity contribution in [3.63, 3.8) is 0 Å². The zero-order valence-electron chi connectivity index (χ0n) is 10.9. The lowest BCUT2D eigenvalue weighted by molar-refractivity contribution is 0.0696. The molecule has 0 aliphatic rings. The first-order chi connectivity index (χ1) is 9.13. The first-order valence-corrected chi connectivity index (χ1v) is 7.00. The van der Waals surface area contributed by atoms with Crippen LogP contribution in [-0.4, -0.2) is 16.1 Å². The molecule has 1 unspecified atom stereocenters. The van der Waals surface area contributed by atoms with Gasteiger partial charge in [0, 0.05) is 11.1 Å². The van der Waals surface area contributed by atoms with Crippen molar-refractivity contribution in [3.8, 4) is 0 Å². The molecule has 19 heavy (non-hydrogen) atoms. The highest BCUT2D eigenvalue weighted by atomic mass is 32.1. The summed E-state index contributed by atoms with van der Waals surface area (Å²) >= 11 is 1.66. The summed E-state index contributed by atoms with van der Waals surface area (Å²) in [6.45, 7) is 3.84. The van der Waals surface area contributed by atoms with Gasteiger partial charge in [-0.15, -0.1) is 11.3 Å². The highest BCUT2D eigenvalue weighted by Crippen LogP contribution is 2.27. The van der Waals surface area contributed by atoms with Crippen LogP contribution in [0.5, 0.6) is 0 Å². The van der Waals surface area contributed by atoms with Crippen LogP contribution in [0.3, 0.4) is 0 Å². The molecule has 0 spiro atoms. The average molecular weight is 276 g/mol. The van der Waals surface area contributed by atoms with E-state index in [0.717, 1.165) is 6.42 Å². The lowest BCUT2D eigenvalue weighted by atomic mass is 10.1. The highest BCUT2D eigenvalue weighted by Gasteiger charge is 2.18. The molecule has 2 aromatic heterocycles. The van der Waals surface area contributed by atoms with Gasteiger partial charge in [0.2, 0.25) is 0 Å². The summed E-state index contributed by atoms with van der Waals surface area (Å²) in [7, 11) is 0. The van der Waals surface area contributed by atoms with E-state index >= 15 is 0 Å². The quantitative estimate of drug-likeness (QED) is 0.873. The van der Waals surface area contributed by atoms with Crippen molar-refractivity contribution in [2.24, 2.45) is 0 Å². The van der Waals surface area contributed by atoms with Crippen molar-refractivity contribution < 1.29 is 9.90 Å². The minimum atomic E-state index is -0.950. The third kappa shape index (κ3) is 2.93. The van der Waals surface area contributed by atoms with Crippen LogP contribution in [0, 0.1) is 6.92 Å². The number of rotatable bonds is 5. The van der Waals surface area contributed by atoms with Gasteiger partial charge in [-0.2, -0.15) is 0 Å². The third-order valence-corrected chi connectivity index (χ3v) is 3.96. The Morgan fingerprint density at radius 2 is 2.32 bits per heavy atom. The van der Waals surface area contributed by atoms with Crippen molar-refractivity contribution in [3.05, 3.63) is 45.8 Å². The zero-order valence-corrected chi connectivity index (χ0v) is 11.7. The fraction of sp³-hybridized carbons (Fsp3) is 0.286. The van der Waals surface area contributed by atoms with E-state index < -0.39 is 5.97 Å². The summed E-state index contributed by atoms with van der Waals surface area (Å²) in [5, 5.41) is 14.5. The van der Waals surface area contributed by atoms with Crippen LogP contribution in [0.15, 0.2) is 29.8 Å². The second-order valence-corrected chi connectivity index (χ2v) is 5.26. The van der Waals surface area contributed by atoms with E-state index in [0.29, 0.717) is 11.4 Å². The van der Waals surface area contributed by atoms with Crippen LogP contribution in [0.1, 0.15) is 40.2 Å². The standard InChI is InChI=1S/C14H16N2O2S/c1-3-10(11-5-4-8-19-11)16-13-12(14(17)18)9(2)6-7-15-13/h4-8,10H,3H2,1-2H3,(H,15,16)(H,17,18). The average Bonchev–Trinajstić information content (AvgIpc) is 2.89. The van der Waals surface area contributed by atoms with E-state index in [9.17, 15) is 9.90 Å². The van der Waals surface area contributed by atoms with Crippen molar-refractivity contribution >= 4 is 23.1 Å². The van der Waals surface area contributed by atoms with Crippen molar-refractivity contribution in [1.29, 1.82) is 0 Å². The number of nitrogens with one attached hydrogen (secondary N) is 1. The van der Waals surface area contributed by atoms with Gasteiger partial charge in [0.15, 0.2) is 0 Å².